The molecular formula is C15H6Cl4N4O2. The molecule has 6 nitrogen and oxygen atoms in total. The van der Waals surface area contributed by atoms with Gasteiger partial charge in [0.25, 0.3) is 5.69 Å². The highest BCUT2D eigenvalue weighted by Crippen LogP contribution is 2.44. The lowest BCUT2D eigenvalue weighted by molar-refractivity contribution is -0.384. The minimum absolute atomic E-state index is 0.0447. The molecule has 0 aliphatic rings. The van der Waals surface area contributed by atoms with E-state index in [1.165, 1.54) is 6.07 Å². The molecule has 0 amide bonds. The average molecular weight is 416 g/mol. The van der Waals surface area contributed by atoms with E-state index in [1.54, 1.807) is 13.0 Å². The first-order valence-corrected chi connectivity index (χ1v) is 7.96. The Kier molecular flexibility index (Phi) is 5.62. The van der Waals surface area contributed by atoms with Crippen molar-refractivity contribution in [1.82, 2.24) is 0 Å². The molecule has 0 saturated heterocycles. The van der Waals surface area contributed by atoms with Crippen molar-refractivity contribution in [3.8, 4) is 12.1 Å². The summed E-state index contributed by atoms with van der Waals surface area (Å²) in [5.74, 6) is 0. The molecule has 2 aromatic carbocycles. The summed E-state index contributed by atoms with van der Waals surface area (Å²) >= 11 is 24.4. The molecule has 0 aromatic heterocycles. The molecule has 0 unspecified atom stereocenters. The number of anilines is 2. The van der Waals surface area contributed by atoms with Crippen LogP contribution in [-0.2, 0) is 0 Å². The maximum Gasteiger partial charge on any atom is 0.271 e. The molecule has 0 saturated carbocycles. The zero-order valence-corrected chi connectivity index (χ0v) is 15.3. The summed E-state index contributed by atoms with van der Waals surface area (Å²) in [6.45, 7) is 1.59. The average Bonchev–Trinajstić information content (AvgIpc) is 2.55. The molecule has 0 aliphatic heterocycles. The van der Waals surface area contributed by atoms with Gasteiger partial charge in [-0.25, -0.2) is 0 Å². The van der Waals surface area contributed by atoms with Crippen LogP contribution in [0.15, 0.2) is 12.1 Å². The van der Waals surface area contributed by atoms with Crippen LogP contribution in [0.2, 0.25) is 20.1 Å². The monoisotopic (exact) mass is 414 g/mol. The summed E-state index contributed by atoms with van der Waals surface area (Å²) in [4.78, 5) is 10.3. The highest BCUT2D eigenvalue weighted by Gasteiger charge is 2.23. The fraction of sp³-hybridized carbons (Fsp3) is 0.0667. The van der Waals surface area contributed by atoms with Crippen LogP contribution in [0.3, 0.4) is 0 Å². The molecule has 10 heteroatoms. The van der Waals surface area contributed by atoms with E-state index < -0.39 is 4.92 Å². The van der Waals surface area contributed by atoms with E-state index in [9.17, 15) is 15.4 Å². The van der Waals surface area contributed by atoms with Crippen molar-refractivity contribution >= 4 is 63.5 Å². The largest absolute Gasteiger partial charge is 0.352 e. The van der Waals surface area contributed by atoms with Gasteiger partial charge < -0.3 is 5.32 Å². The molecule has 0 heterocycles. The zero-order chi connectivity index (χ0) is 18.9. The van der Waals surface area contributed by atoms with Crippen LogP contribution in [0.4, 0.5) is 17.1 Å². The molecule has 25 heavy (non-hydrogen) atoms. The van der Waals surface area contributed by atoms with Crippen molar-refractivity contribution in [2.45, 2.75) is 6.92 Å². The lowest BCUT2D eigenvalue weighted by Gasteiger charge is -2.16. The number of rotatable bonds is 3. The van der Waals surface area contributed by atoms with Crippen molar-refractivity contribution in [3.63, 3.8) is 0 Å². The molecule has 2 aromatic rings. The lowest BCUT2D eigenvalue weighted by atomic mass is 10.1. The number of hydrogen-bond donors (Lipinski definition) is 1. The van der Waals surface area contributed by atoms with Crippen LogP contribution in [0.1, 0.15) is 16.7 Å². The maximum atomic E-state index is 10.9. The van der Waals surface area contributed by atoms with Gasteiger partial charge in [-0.2, -0.15) is 10.5 Å². The Hall–Kier alpha value is -2.22. The summed E-state index contributed by atoms with van der Waals surface area (Å²) in [5, 5.41) is 31.9. The first-order chi connectivity index (χ1) is 11.7. The van der Waals surface area contributed by atoms with Crippen LogP contribution in [0.25, 0.3) is 0 Å². The van der Waals surface area contributed by atoms with Crippen LogP contribution < -0.4 is 5.32 Å². The van der Waals surface area contributed by atoms with Crippen LogP contribution >= 0.6 is 46.4 Å². The number of benzene rings is 2. The molecule has 2 rings (SSSR count). The highest BCUT2D eigenvalue weighted by atomic mass is 35.5. The van der Waals surface area contributed by atoms with Gasteiger partial charge in [0, 0.05) is 12.1 Å². The Morgan fingerprint density at radius 3 is 2.08 bits per heavy atom. The molecule has 0 aliphatic carbocycles. The number of aryl methyl sites for hydroxylation is 1. The van der Waals surface area contributed by atoms with Crippen LogP contribution in [0, 0.1) is 39.7 Å². The van der Waals surface area contributed by atoms with Gasteiger partial charge in [-0.05, 0) is 12.5 Å². The number of halogens is 4. The first-order valence-electron chi connectivity index (χ1n) is 6.45. The minimum Gasteiger partial charge on any atom is -0.352 e. The van der Waals surface area contributed by atoms with E-state index in [0.29, 0.717) is 11.3 Å². The molecule has 0 fully saturated rings. The van der Waals surface area contributed by atoms with Gasteiger partial charge in [-0.3, -0.25) is 10.1 Å². The van der Waals surface area contributed by atoms with E-state index in [-0.39, 0.29) is 42.6 Å². The molecule has 0 spiro atoms. The van der Waals surface area contributed by atoms with Gasteiger partial charge in [-0.1, -0.05) is 46.4 Å². The van der Waals surface area contributed by atoms with Crippen molar-refractivity contribution in [1.29, 1.82) is 10.5 Å². The summed E-state index contributed by atoms with van der Waals surface area (Å²) < 4.78 is 0. The Morgan fingerprint density at radius 1 is 1.00 bits per heavy atom. The number of nitro groups is 1. The molecular weight excluding hydrogens is 410 g/mol. The second-order valence-corrected chi connectivity index (χ2v) is 6.33. The van der Waals surface area contributed by atoms with Crippen LogP contribution in [-0.4, -0.2) is 4.92 Å². The molecule has 0 radical (unpaired) electrons. The fourth-order valence-corrected chi connectivity index (χ4v) is 3.19. The number of nitro benzene ring substituents is 1. The van der Waals surface area contributed by atoms with Crippen molar-refractivity contribution < 1.29 is 4.92 Å². The fourth-order valence-electron chi connectivity index (χ4n) is 2.10. The predicted octanol–water partition coefficient (Wildman–Crippen LogP) is 6.00. The smallest absolute Gasteiger partial charge is 0.271 e. The summed E-state index contributed by atoms with van der Waals surface area (Å²) in [7, 11) is 0. The Bertz CT molecular complexity index is 970. The quantitative estimate of drug-likeness (QED) is 0.375. The lowest BCUT2D eigenvalue weighted by Crippen LogP contribution is -2.01. The number of nitrogens with zero attached hydrogens (tertiary/aromatic N) is 3. The van der Waals surface area contributed by atoms with Crippen molar-refractivity contribution in [2.75, 3.05) is 5.32 Å². The number of non-ortho nitro benzene ring substituents is 1. The Labute approximate surface area is 162 Å². The van der Waals surface area contributed by atoms with Crippen molar-refractivity contribution in [3.05, 3.63) is 59.0 Å². The number of hydrogen-bond acceptors (Lipinski definition) is 5. The topological polar surface area (TPSA) is 103 Å². The Balaban J connectivity index is 2.69. The third-order valence-electron chi connectivity index (χ3n) is 3.28. The summed E-state index contributed by atoms with van der Waals surface area (Å²) in [6, 6.07) is 6.10. The normalized spacial score (nSPS) is 10.0. The van der Waals surface area contributed by atoms with E-state index in [2.05, 4.69) is 5.32 Å². The minimum atomic E-state index is -0.578. The maximum absolute atomic E-state index is 10.9. The molecule has 0 bridgehead atoms. The van der Waals surface area contributed by atoms with Gasteiger partial charge in [0.05, 0.1) is 47.5 Å². The Morgan fingerprint density at radius 2 is 1.60 bits per heavy atom. The third kappa shape index (κ3) is 3.44. The van der Waals surface area contributed by atoms with Gasteiger partial charge in [0.1, 0.15) is 12.1 Å². The van der Waals surface area contributed by atoms with Gasteiger partial charge >= 0.3 is 0 Å². The zero-order valence-electron chi connectivity index (χ0n) is 12.3. The van der Waals surface area contributed by atoms with Gasteiger partial charge in [0.15, 0.2) is 0 Å². The van der Waals surface area contributed by atoms with E-state index in [4.69, 9.17) is 51.7 Å². The van der Waals surface area contributed by atoms with E-state index in [0.717, 1.165) is 6.07 Å². The van der Waals surface area contributed by atoms with Crippen molar-refractivity contribution in [2.24, 2.45) is 0 Å². The predicted molar refractivity (Wildman–Crippen MR) is 97.0 cm³/mol. The van der Waals surface area contributed by atoms with E-state index in [1.807, 2.05) is 6.07 Å². The van der Waals surface area contributed by atoms with E-state index >= 15 is 0 Å². The number of nitrogens with one attached hydrogen (secondary N) is 1. The van der Waals surface area contributed by atoms with Gasteiger partial charge in [-0.15, -0.1) is 0 Å². The van der Waals surface area contributed by atoms with Gasteiger partial charge in [0.2, 0.25) is 0 Å². The second kappa shape index (κ2) is 7.35. The third-order valence-corrected chi connectivity index (χ3v) is 4.81. The molecule has 0 atom stereocenters. The first kappa shape index (κ1) is 19.1. The standard InChI is InChI=1S/C15H6Cl4N4O2/c1-6-2-7(23(24)25)3-10(16)14(6)22-15-9(5-21)11(17)8(4-20)12(18)13(15)19/h2-3,22H,1H3. The second-order valence-electron chi connectivity index (χ2n) is 4.79. The SMILES string of the molecule is Cc1cc([N+](=O)[O-])cc(Cl)c1Nc1c(Cl)c(Cl)c(C#N)c(Cl)c1C#N. The summed E-state index contributed by atoms with van der Waals surface area (Å²) in [6.07, 6.45) is 0. The number of nitriles is 2. The van der Waals surface area contributed by atoms with Crippen LogP contribution in [0.5, 0.6) is 0 Å². The molecule has 126 valence electrons. The highest BCUT2D eigenvalue weighted by molar-refractivity contribution is 6.47. The molecule has 1 N–H and O–H groups in total. The summed E-state index contributed by atoms with van der Waals surface area (Å²) in [5.41, 5.74) is 0.384.